The zero-order chi connectivity index (χ0) is 17.1. The third-order valence-electron chi connectivity index (χ3n) is 8.83. The average molecular weight is 335 g/mol. The predicted octanol–water partition coefficient (Wildman–Crippen LogP) is 4.32. The number of carbonyl (C=O) groups is 1. The van der Waals surface area contributed by atoms with Gasteiger partial charge in [-0.1, -0.05) is 26.7 Å². The Kier molecular flexibility index (Phi) is 4.02. The van der Waals surface area contributed by atoms with Crippen LogP contribution in [0.4, 0.5) is 0 Å². The number of aliphatic hydroxyl groups is 1. The third kappa shape index (κ3) is 2.29. The molecule has 3 nitrogen and oxygen atoms in total. The molecule has 0 spiro atoms. The van der Waals surface area contributed by atoms with Crippen LogP contribution in [0, 0.1) is 34.5 Å². The molecule has 1 N–H and O–H groups in total. The van der Waals surface area contributed by atoms with Crippen LogP contribution in [-0.2, 0) is 9.53 Å². The van der Waals surface area contributed by atoms with Crippen molar-refractivity contribution >= 4 is 5.97 Å². The second-order valence-electron chi connectivity index (χ2n) is 9.76. The average Bonchev–Trinajstić information content (AvgIpc) is 2.82. The second kappa shape index (κ2) is 5.72. The topological polar surface area (TPSA) is 46.5 Å². The molecule has 4 fully saturated rings. The van der Waals surface area contributed by atoms with Gasteiger partial charge in [0, 0.05) is 12.8 Å². The molecule has 0 saturated heterocycles. The normalized spacial score (nSPS) is 53.7. The van der Waals surface area contributed by atoms with Crippen LogP contribution in [0.5, 0.6) is 0 Å². The fourth-order valence-electron chi connectivity index (χ4n) is 7.64. The van der Waals surface area contributed by atoms with Crippen molar-refractivity contribution in [2.45, 2.75) is 90.8 Å². The van der Waals surface area contributed by atoms with Crippen LogP contribution >= 0.6 is 0 Å². The summed E-state index contributed by atoms with van der Waals surface area (Å²) >= 11 is 0. The van der Waals surface area contributed by atoms with E-state index < -0.39 is 0 Å². The van der Waals surface area contributed by atoms with Crippen LogP contribution in [-0.4, -0.2) is 23.3 Å². The lowest BCUT2D eigenvalue weighted by molar-refractivity contribution is -0.186. The Hall–Kier alpha value is -0.570. The molecule has 4 rings (SSSR count). The van der Waals surface area contributed by atoms with Crippen LogP contribution in [0.1, 0.15) is 78.6 Å². The minimum Gasteiger partial charge on any atom is -0.462 e. The Bertz CT molecular complexity index is 517. The molecule has 136 valence electrons. The first-order valence-corrected chi connectivity index (χ1v) is 10.2. The van der Waals surface area contributed by atoms with Gasteiger partial charge in [-0.2, -0.15) is 0 Å². The van der Waals surface area contributed by atoms with Gasteiger partial charge in [0.05, 0.1) is 6.10 Å². The maximum absolute atomic E-state index is 11.7. The Labute approximate surface area is 146 Å². The lowest BCUT2D eigenvalue weighted by Crippen LogP contribution is -2.58. The number of fused-ring (bicyclic) bond motifs is 5. The smallest absolute Gasteiger partial charge is 0.302 e. The van der Waals surface area contributed by atoms with Crippen molar-refractivity contribution in [1.82, 2.24) is 0 Å². The quantitative estimate of drug-likeness (QED) is 0.726. The summed E-state index contributed by atoms with van der Waals surface area (Å²) in [6, 6.07) is 0. The molecular weight excluding hydrogens is 300 g/mol. The molecule has 24 heavy (non-hydrogen) atoms. The standard InChI is InChI=1S/C21H34O3/c1-13(22)24-18-12-14-15-7-8-19(23)21(15,3)11-9-16(14)20(2)10-5-4-6-17(18)20/h14-19,23H,4-12H2,1-3H3/t14-,15-,16-,17+,18?,19-,20+,21-/m0/s1. The number of aliphatic hydroxyl groups excluding tert-OH is 1. The summed E-state index contributed by atoms with van der Waals surface area (Å²) in [5, 5.41) is 10.6. The highest BCUT2D eigenvalue weighted by Crippen LogP contribution is 2.66. The van der Waals surface area contributed by atoms with Crippen molar-refractivity contribution in [3.63, 3.8) is 0 Å². The number of hydrogen-bond acceptors (Lipinski definition) is 3. The maximum Gasteiger partial charge on any atom is 0.302 e. The maximum atomic E-state index is 11.7. The highest BCUT2D eigenvalue weighted by atomic mass is 16.5. The largest absolute Gasteiger partial charge is 0.462 e. The van der Waals surface area contributed by atoms with Crippen LogP contribution < -0.4 is 0 Å². The van der Waals surface area contributed by atoms with Crippen LogP contribution in [0.25, 0.3) is 0 Å². The van der Waals surface area contributed by atoms with Crippen molar-refractivity contribution in [1.29, 1.82) is 0 Å². The van der Waals surface area contributed by atoms with E-state index in [1.54, 1.807) is 6.92 Å². The van der Waals surface area contributed by atoms with E-state index in [9.17, 15) is 9.90 Å². The Morgan fingerprint density at radius 3 is 2.46 bits per heavy atom. The van der Waals surface area contributed by atoms with Crippen molar-refractivity contribution < 1.29 is 14.6 Å². The van der Waals surface area contributed by atoms with Gasteiger partial charge >= 0.3 is 5.97 Å². The zero-order valence-corrected chi connectivity index (χ0v) is 15.6. The van der Waals surface area contributed by atoms with Gasteiger partial charge in [-0.3, -0.25) is 4.79 Å². The van der Waals surface area contributed by atoms with E-state index in [4.69, 9.17) is 4.74 Å². The molecule has 3 heteroatoms. The van der Waals surface area contributed by atoms with Crippen LogP contribution in [0.15, 0.2) is 0 Å². The van der Waals surface area contributed by atoms with E-state index in [0.717, 1.165) is 25.2 Å². The molecule has 1 unspecified atom stereocenters. The van der Waals surface area contributed by atoms with Gasteiger partial charge in [0.2, 0.25) is 0 Å². The number of rotatable bonds is 1. The van der Waals surface area contributed by atoms with E-state index in [1.165, 1.54) is 38.5 Å². The lowest BCUT2D eigenvalue weighted by atomic mass is 9.44. The molecule has 0 aromatic rings. The summed E-state index contributed by atoms with van der Waals surface area (Å²) in [6.45, 7) is 6.39. The van der Waals surface area contributed by atoms with Crippen molar-refractivity contribution in [3.05, 3.63) is 0 Å². The van der Waals surface area contributed by atoms with Crippen LogP contribution in [0.3, 0.4) is 0 Å². The Balaban J connectivity index is 1.68. The number of esters is 1. The van der Waals surface area contributed by atoms with E-state index in [2.05, 4.69) is 13.8 Å². The first-order valence-electron chi connectivity index (χ1n) is 10.2. The highest BCUT2D eigenvalue weighted by molar-refractivity contribution is 5.66. The molecule has 0 aromatic heterocycles. The third-order valence-corrected chi connectivity index (χ3v) is 8.83. The van der Waals surface area contributed by atoms with Crippen molar-refractivity contribution in [2.75, 3.05) is 0 Å². The monoisotopic (exact) mass is 334 g/mol. The van der Waals surface area contributed by atoms with Gasteiger partial charge in [0.25, 0.3) is 0 Å². The summed E-state index contributed by atoms with van der Waals surface area (Å²) < 4.78 is 5.88. The fourth-order valence-corrected chi connectivity index (χ4v) is 7.64. The lowest BCUT2D eigenvalue weighted by Gasteiger charge is -2.61. The molecule has 4 saturated carbocycles. The highest BCUT2D eigenvalue weighted by Gasteiger charge is 2.62. The zero-order valence-electron chi connectivity index (χ0n) is 15.6. The van der Waals surface area contributed by atoms with Gasteiger partial charge in [-0.05, 0) is 73.5 Å². The minimum absolute atomic E-state index is 0.0970. The molecule has 0 bridgehead atoms. The number of ether oxygens (including phenoxy) is 1. The second-order valence-corrected chi connectivity index (χ2v) is 9.76. The van der Waals surface area contributed by atoms with Gasteiger partial charge in [0.1, 0.15) is 6.10 Å². The first kappa shape index (κ1) is 16.9. The SMILES string of the molecule is CC(=O)OC1C[C@@H]2[C@H](CC[C@]3(C)[C@@H](O)CC[C@@H]23)[C@@]2(C)CCCC[C@H]12. The van der Waals surface area contributed by atoms with E-state index in [1.807, 2.05) is 0 Å². The fraction of sp³-hybridized carbons (Fsp3) is 0.952. The molecular formula is C21H34O3. The van der Waals surface area contributed by atoms with E-state index in [0.29, 0.717) is 23.2 Å². The molecule has 4 aliphatic carbocycles. The van der Waals surface area contributed by atoms with Crippen LogP contribution in [0.2, 0.25) is 0 Å². The van der Waals surface area contributed by atoms with Gasteiger partial charge in [0.15, 0.2) is 0 Å². The predicted molar refractivity (Wildman–Crippen MR) is 93.3 cm³/mol. The van der Waals surface area contributed by atoms with Crippen molar-refractivity contribution in [2.24, 2.45) is 34.5 Å². The molecule has 8 atom stereocenters. The number of hydrogen-bond donors (Lipinski definition) is 1. The molecule has 0 aliphatic heterocycles. The van der Waals surface area contributed by atoms with Gasteiger partial charge < -0.3 is 9.84 Å². The molecule has 4 aliphatic rings. The Morgan fingerprint density at radius 2 is 1.71 bits per heavy atom. The van der Waals surface area contributed by atoms with Gasteiger partial charge in [-0.25, -0.2) is 0 Å². The van der Waals surface area contributed by atoms with Gasteiger partial charge in [-0.15, -0.1) is 0 Å². The minimum atomic E-state index is -0.132. The summed E-state index contributed by atoms with van der Waals surface area (Å²) in [7, 11) is 0. The molecule has 0 radical (unpaired) electrons. The summed E-state index contributed by atoms with van der Waals surface area (Å²) in [5.41, 5.74) is 0.427. The first-order chi connectivity index (χ1) is 11.4. The summed E-state index contributed by atoms with van der Waals surface area (Å²) in [6.07, 6.45) is 10.7. The Morgan fingerprint density at radius 1 is 0.958 bits per heavy atom. The van der Waals surface area contributed by atoms with E-state index >= 15 is 0 Å². The summed E-state index contributed by atoms with van der Waals surface area (Å²) in [5.74, 6) is 2.44. The molecule has 0 aromatic carbocycles. The molecule has 0 amide bonds. The number of carbonyl (C=O) groups excluding carboxylic acids is 1. The summed E-state index contributed by atoms with van der Waals surface area (Å²) in [4.78, 5) is 11.7. The van der Waals surface area contributed by atoms with Crippen molar-refractivity contribution in [3.8, 4) is 0 Å². The van der Waals surface area contributed by atoms with E-state index in [-0.39, 0.29) is 23.6 Å². The molecule has 0 heterocycles.